The highest BCUT2D eigenvalue weighted by Gasteiger charge is 2.10. The highest BCUT2D eigenvalue weighted by atomic mass is 32.2. The zero-order valence-electron chi connectivity index (χ0n) is 11.7. The van der Waals surface area contributed by atoms with E-state index in [0.29, 0.717) is 0 Å². The van der Waals surface area contributed by atoms with E-state index >= 15 is 0 Å². The molecular weight excluding hydrogens is 266 g/mol. The maximum Gasteiger partial charge on any atom is 0.119 e. The number of fused-ring (bicyclic) bond motifs is 2. The predicted octanol–water partition coefficient (Wildman–Crippen LogP) is 4.90. The summed E-state index contributed by atoms with van der Waals surface area (Å²) in [5, 5.41) is 2.41. The number of hydrogen-bond donors (Lipinski definition) is 0. The second kappa shape index (κ2) is 5.71. The molecule has 0 saturated heterocycles. The standard InChI is InChI=1S/C17H17NOS/c1-3-10-20-17-13-6-4-5-7-15(13)18-16-9-8-12(19-2)11-14(16)17/h4-9,11H,3,10H2,1-2H3. The lowest BCUT2D eigenvalue weighted by Crippen LogP contribution is -1.90. The van der Waals surface area contributed by atoms with Gasteiger partial charge in [0.2, 0.25) is 0 Å². The Bertz CT molecular complexity index is 754. The molecule has 3 heteroatoms. The molecule has 0 amide bonds. The predicted molar refractivity (Wildman–Crippen MR) is 86.8 cm³/mol. The Kier molecular flexibility index (Phi) is 3.79. The molecule has 0 radical (unpaired) electrons. The monoisotopic (exact) mass is 283 g/mol. The largest absolute Gasteiger partial charge is 0.497 e. The number of hydrogen-bond acceptors (Lipinski definition) is 3. The maximum absolute atomic E-state index is 5.36. The van der Waals surface area contributed by atoms with Crippen LogP contribution in [0.1, 0.15) is 13.3 Å². The van der Waals surface area contributed by atoms with Crippen molar-refractivity contribution in [2.24, 2.45) is 0 Å². The fourth-order valence-electron chi connectivity index (χ4n) is 2.32. The number of pyridine rings is 1. The van der Waals surface area contributed by atoms with Gasteiger partial charge in [0.1, 0.15) is 5.75 Å². The van der Waals surface area contributed by atoms with Gasteiger partial charge >= 0.3 is 0 Å². The van der Waals surface area contributed by atoms with E-state index in [-0.39, 0.29) is 0 Å². The van der Waals surface area contributed by atoms with Gasteiger partial charge in [-0.15, -0.1) is 11.8 Å². The molecular formula is C17H17NOS. The summed E-state index contributed by atoms with van der Waals surface area (Å²) >= 11 is 1.90. The first-order valence-electron chi connectivity index (χ1n) is 6.82. The molecule has 20 heavy (non-hydrogen) atoms. The van der Waals surface area contributed by atoms with E-state index in [9.17, 15) is 0 Å². The van der Waals surface area contributed by atoms with Gasteiger partial charge in [0.25, 0.3) is 0 Å². The lowest BCUT2D eigenvalue weighted by atomic mass is 10.1. The molecule has 0 aliphatic carbocycles. The highest BCUT2D eigenvalue weighted by Crippen LogP contribution is 2.35. The van der Waals surface area contributed by atoms with Gasteiger partial charge in [-0.1, -0.05) is 25.1 Å². The molecule has 0 spiro atoms. The number of ether oxygens (including phenoxy) is 1. The summed E-state index contributed by atoms with van der Waals surface area (Å²) < 4.78 is 5.36. The molecule has 0 atom stereocenters. The molecule has 2 aromatic carbocycles. The molecule has 2 nitrogen and oxygen atoms in total. The van der Waals surface area contributed by atoms with Gasteiger partial charge in [-0.2, -0.15) is 0 Å². The summed E-state index contributed by atoms with van der Waals surface area (Å²) in [6, 6.07) is 14.4. The minimum atomic E-state index is 0.882. The molecule has 0 bridgehead atoms. The molecule has 0 N–H and O–H groups in total. The maximum atomic E-state index is 5.36. The van der Waals surface area contributed by atoms with E-state index in [0.717, 1.165) is 29.0 Å². The average Bonchev–Trinajstić information content (AvgIpc) is 2.51. The van der Waals surface area contributed by atoms with Crippen LogP contribution in [0.2, 0.25) is 0 Å². The van der Waals surface area contributed by atoms with Gasteiger partial charge in [-0.25, -0.2) is 4.98 Å². The van der Waals surface area contributed by atoms with Crippen LogP contribution >= 0.6 is 11.8 Å². The Hall–Kier alpha value is -1.74. The lowest BCUT2D eigenvalue weighted by Gasteiger charge is -2.11. The molecule has 1 heterocycles. The Labute approximate surface area is 123 Å². The Morgan fingerprint density at radius 3 is 2.65 bits per heavy atom. The first-order valence-corrected chi connectivity index (χ1v) is 7.81. The average molecular weight is 283 g/mol. The number of benzene rings is 2. The fraction of sp³-hybridized carbons (Fsp3) is 0.235. The van der Waals surface area contributed by atoms with Crippen LogP contribution in [0.3, 0.4) is 0 Å². The van der Waals surface area contributed by atoms with Gasteiger partial charge in [-0.3, -0.25) is 0 Å². The number of thioether (sulfide) groups is 1. The number of aromatic nitrogens is 1. The second-order valence-corrected chi connectivity index (χ2v) is 5.79. The quantitative estimate of drug-likeness (QED) is 0.502. The third kappa shape index (κ3) is 2.34. The van der Waals surface area contributed by atoms with Crippen LogP contribution in [-0.4, -0.2) is 17.8 Å². The van der Waals surface area contributed by atoms with E-state index in [1.807, 2.05) is 30.0 Å². The van der Waals surface area contributed by atoms with E-state index in [1.165, 1.54) is 15.7 Å². The molecule has 3 aromatic rings. The van der Waals surface area contributed by atoms with Crippen LogP contribution in [0, 0.1) is 0 Å². The Morgan fingerprint density at radius 2 is 1.85 bits per heavy atom. The third-order valence-electron chi connectivity index (χ3n) is 3.29. The van der Waals surface area contributed by atoms with E-state index < -0.39 is 0 Å². The van der Waals surface area contributed by atoms with E-state index in [4.69, 9.17) is 9.72 Å². The SMILES string of the molecule is CCCSc1c2ccccc2nc2ccc(OC)cc12. The van der Waals surface area contributed by atoms with Crippen LogP contribution in [0.15, 0.2) is 47.4 Å². The summed E-state index contributed by atoms with van der Waals surface area (Å²) in [7, 11) is 1.70. The van der Waals surface area contributed by atoms with Crippen molar-refractivity contribution in [3.8, 4) is 5.75 Å². The van der Waals surface area contributed by atoms with Crippen molar-refractivity contribution in [2.75, 3.05) is 12.9 Å². The van der Waals surface area contributed by atoms with Crippen molar-refractivity contribution in [1.29, 1.82) is 0 Å². The molecule has 0 aliphatic rings. The van der Waals surface area contributed by atoms with Gasteiger partial charge in [0.05, 0.1) is 18.1 Å². The van der Waals surface area contributed by atoms with Gasteiger partial charge in [0.15, 0.2) is 0 Å². The number of methoxy groups -OCH3 is 1. The first kappa shape index (κ1) is 13.3. The van der Waals surface area contributed by atoms with Crippen molar-refractivity contribution >= 4 is 33.6 Å². The van der Waals surface area contributed by atoms with Crippen molar-refractivity contribution in [1.82, 2.24) is 4.98 Å². The molecule has 1 aromatic heterocycles. The summed E-state index contributed by atoms with van der Waals surface area (Å²) in [4.78, 5) is 6.06. The molecule has 3 rings (SSSR count). The number of para-hydroxylation sites is 1. The van der Waals surface area contributed by atoms with Crippen molar-refractivity contribution in [3.05, 3.63) is 42.5 Å². The first-order chi connectivity index (χ1) is 9.83. The Balaban J connectivity index is 2.32. The normalized spacial score (nSPS) is 11.1. The van der Waals surface area contributed by atoms with Gasteiger partial charge < -0.3 is 4.74 Å². The van der Waals surface area contributed by atoms with Crippen molar-refractivity contribution < 1.29 is 4.74 Å². The van der Waals surface area contributed by atoms with Crippen LogP contribution in [-0.2, 0) is 0 Å². The smallest absolute Gasteiger partial charge is 0.119 e. The van der Waals surface area contributed by atoms with Crippen molar-refractivity contribution in [2.45, 2.75) is 18.2 Å². The lowest BCUT2D eigenvalue weighted by molar-refractivity contribution is 0.415. The number of rotatable bonds is 4. The zero-order valence-corrected chi connectivity index (χ0v) is 12.5. The van der Waals surface area contributed by atoms with E-state index in [1.54, 1.807) is 7.11 Å². The summed E-state index contributed by atoms with van der Waals surface area (Å²) in [6.45, 7) is 2.21. The molecule has 0 saturated carbocycles. The van der Waals surface area contributed by atoms with Gasteiger partial charge in [0, 0.05) is 15.7 Å². The second-order valence-electron chi connectivity index (χ2n) is 4.69. The molecule has 0 unspecified atom stereocenters. The highest BCUT2D eigenvalue weighted by molar-refractivity contribution is 7.99. The van der Waals surface area contributed by atoms with Crippen LogP contribution in [0.25, 0.3) is 21.8 Å². The topological polar surface area (TPSA) is 22.1 Å². The van der Waals surface area contributed by atoms with Crippen molar-refractivity contribution in [3.63, 3.8) is 0 Å². The molecule has 0 fully saturated rings. The summed E-state index contributed by atoms with van der Waals surface area (Å²) in [5.41, 5.74) is 2.09. The zero-order chi connectivity index (χ0) is 13.9. The minimum Gasteiger partial charge on any atom is -0.497 e. The molecule has 102 valence electrons. The van der Waals surface area contributed by atoms with Gasteiger partial charge in [-0.05, 0) is 36.4 Å². The third-order valence-corrected chi connectivity index (χ3v) is 4.63. The summed E-state index contributed by atoms with van der Waals surface area (Å²) in [6.07, 6.45) is 1.16. The van der Waals surface area contributed by atoms with Crippen LogP contribution in [0.4, 0.5) is 0 Å². The summed E-state index contributed by atoms with van der Waals surface area (Å²) in [5.74, 6) is 1.99. The Morgan fingerprint density at radius 1 is 1.05 bits per heavy atom. The minimum absolute atomic E-state index is 0.882. The van der Waals surface area contributed by atoms with Crippen LogP contribution < -0.4 is 4.74 Å². The molecule has 0 aliphatic heterocycles. The number of nitrogens with zero attached hydrogens (tertiary/aromatic N) is 1. The fourth-order valence-corrected chi connectivity index (χ4v) is 3.37. The van der Waals surface area contributed by atoms with E-state index in [2.05, 4.69) is 31.2 Å². The van der Waals surface area contributed by atoms with Crippen LogP contribution in [0.5, 0.6) is 5.75 Å².